The Morgan fingerprint density at radius 3 is 2.40 bits per heavy atom. The predicted molar refractivity (Wildman–Crippen MR) is 59.2 cm³/mol. The first-order valence-corrected chi connectivity index (χ1v) is 5.15. The number of benzene rings is 1. The Balaban J connectivity index is 2.37. The third-order valence-corrected chi connectivity index (χ3v) is 2.13. The number of hydrogen-bond donors (Lipinski definition) is 1. The third-order valence-electron chi connectivity index (χ3n) is 2.13. The molecule has 1 N–H and O–H groups in total. The maximum Gasteiger partial charge on any atom is 0.119 e. The van der Waals surface area contributed by atoms with E-state index in [1.807, 2.05) is 24.3 Å². The van der Waals surface area contributed by atoms with Crippen LogP contribution >= 0.6 is 0 Å². The Bertz CT molecular complexity index is 269. The fraction of sp³-hybridized carbons (Fsp3) is 0.500. The molecule has 1 rings (SSSR count). The summed E-state index contributed by atoms with van der Waals surface area (Å²) in [5.74, 6) is 0.780. The summed E-state index contributed by atoms with van der Waals surface area (Å²) in [5.41, 5.74) is 1.28. The lowest BCUT2D eigenvalue weighted by Crippen LogP contribution is -2.22. The summed E-state index contributed by atoms with van der Waals surface area (Å²) in [4.78, 5) is 0. The lowest BCUT2D eigenvalue weighted by Gasteiger charge is -2.11. The van der Waals surface area contributed by atoms with Crippen LogP contribution in [-0.2, 0) is 11.2 Å². The summed E-state index contributed by atoms with van der Waals surface area (Å²) < 4.78 is 10.2. The highest BCUT2D eigenvalue weighted by Crippen LogP contribution is 2.12. The van der Waals surface area contributed by atoms with Crippen LogP contribution in [0.15, 0.2) is 24.3 Å². The zero-order chi connectivity index (χ0) is 11.1. The molecule has 84 valence electrons. The molecule has 0 heterocycles. The highest BCUT2D eigenvalue weighted by molar-refractivity contribution is 5.27. The molecule has 0 bridgehead atoms. The van der Waals surface area contributed by atoms with Gasteiger partial charge in [0.25, 0.3) is 0 Å². The van der Waals surface area contributed by atoms with Gasteiger partial charge in [0.2, 0.25) is 0 Å². The maximum atomic E-state index is 9.36. The van der Waals surface area contributed by atoms with Crippen LogP contribution in [0.25, 0.3) is 0 Å². The Labute approximate surface area is 90.6 Å². The first-order chi connectivity index (χ1) is 7.26. The average molecular weight is 210 g/mol. The van der Waals surface area contributed by atoms with Gasteiger partial charge in [0.05, 0.1) is 6.61 Å². The Kier molecular flexibility index (Phi) is 5.15. The molecule has 0 saturated carbocycles. The summed E-state index contributed by atoms with van der Waals surface area (Å²) in [6.45, 7) is 2.67. The lowest BCUT2D eigenvalue weighted by atomic mass is 10.2. The highest BCUT2D eigenvalue weighted by atomic mass is 16.5. The van der Waals surface area contributed by atoms with E-state index in [-0.39, 0.29) is 6.61 Å². The fourth-order valence-corrected chi connectivity index (χ4v) is 1.25. The molecule has 0 aliphatic carbocycles. The quantitative estimate of drug-likeness (QED) is 0.775. The molecule has 1 unspecified atom stereocenters. The van der Waals surface area contributed by atoms with Gasteiger partial charge >= 0.3 is 0 Å². The molecule has 3 nitrogen and oxygen atoms in total. The second kappa shape index (κ2) is 6.43. The van der Waals surface area contributed by atoms with Crippen LogP contribution in [0.1, 0.15) is 12.5 Å². The molecule has 1 aromatic carbocycles. The van der Waals surface area contributed by atoms with Crippen LogP contribution in [-0.4, -0.2) is 31.5 Å². The molecule has 0 fully saturated rings. The second-order valence-corrected chi connectivity index (χ2v) is 3.42. The van der Waals surface area contributed by atoms with Gasteiger partial charge in [0.15, 0.2) is 0 Å². The zero-order valence-electron chi connectivity index (χ0n) is 9.27. The van der Waals surface area contributed by atoms with Gasteiger partial charge < -0.3 is 14.6 Å². The van der Waals surface area contributed by atoms with E-state index in [2.05, 4.69) is 6.92 Å². The summed E-state index contributed by atoms with van der Waals surface area (Å²) in [7, 11) is 1.55. The first kappa shape index (κ1) is 12.0. The summed E-state index contributed by atoms with van der Waals surface area (Å²) in [6.07, 6.45) is 0.452. The molecule has 15 heavy (non-hydrogen) atoms. The van der Waals surface area contributed by atoms with Crippen molar-refractivity contribution in [2.24, 2.45) is 0 Å². The second-order valence-electron chi connectivity index (χ2n) is 3.42. The van der Waals surface area contributed by atoms with E-state index < -0.39 is 6.10 Å². The van der Waals surface area contributed by atoms with E-state index in [0.717, 1.165) is 12.2 Å². The topological polar surface area (TPSA) is 38.7 Å². The van der Waals surface area contributed by atoms with E-state index in [4.69, 9.17) is 9.47 Å². The molecule has 3 heteroatoms. The number of rotatable bonds is 6. The molecule has 0 amide bonds. The number of hydrogen-bond acceptors (Lipinski definition) is 3. The van der Waals surface area contributed by atoms with E-state index in [9.17, 15) is 5.11 Å². The van der Waals surface area contributed by atoms with Gasteiger partial charge in [-0.25, -0.2) is 0 Å². The largest absolute Gasteiger partial charge is 0.491 e. The molecule has 0 aliphatic heterocycles. The van der Waals surface area contributed by atoms with Crippen molar-refractivity contribution in [3.63, 3.8) is 0 Å². The summed E-state index contributed by atoms with van der Waals surface area (Å²) in [5, 5.41) is 9.36. The summed E-state index contributed by atoms with van der Waals surface area (Å²) >= 11 is 0. The SMILES string of the molecule is CCc1ccc(OCC(O)COC)cc1. The van der Waals surface area contributed by atoms with Crippen molar-refractivity contribution >= 4 is 0 Å². The number of methoxy groups -OCH3 is 1. The maximum absolute atomic E-state index is 9.36. The van der Waals surface area contributed by atoms with Gasteiger partial charge in [-0.15, -0.1) is 0 Å². The molecule has 0 saturated heterocycles. The minimum atomic E-state index is -0.569. The molecule has 0 aliphatic rings. The smallest absolute Gasteiger partial charge is 0.119 e. The van der Waals surface area contributed by atoms with E-state index >= 15 is 0 Å². The number of aliphatic hydroxyl groups excluding tert-OH is 1. The van der Waals surface area contributed by atoms with Crippen molar-refractivity contribution in [2.45, 2.75) is 19.4 Å². The summed E-state index contributed by atoms with van der Waals surface area (Å²) in [6, 6.07) is 7.88. The molecule has 1 atom stereocenters. The molecule has 0 aromatic heterocycles. The van der Waals surface area contributed by atoms with Gasteiger partial charge in [-0.1, -0.05) is 19.1 Å². The zero-order valence-corrected chi connectivity index (χ0v) is 9.27. The van der Waals surface area contributed by atoms with E-state index in [1.54, 1.807) is 7.11 Å². The highest BCUT2D eigenvalue weighted by Gasteiger charge is 2.03. The monoisotopic (exact) mass is 210 g/mol. The van der Waals surface area contributed by atoms with Crippen LogP contribution in [0, 0.1) is 0 Å². The molecule has 0 spiro atoms. The van der Waals surface area contributed by atoms with Gasteiger partial charge in [-0.05, 0) is 24.1 Å². The van der Waals surface area contributed by atoms with Crippen LogP contribution in [0.4, 0.5) is 0 Å². The normalized spacial score (nSPS) is 12.5. The number of aliphatic hydroxyl groups is 1. The van der Waals surface area contributed by atoms with Crippen LogP contribution in [0.3, 0.4) is 0 Å². The van der Waals surface area contributed by atoms with Crippen LogP contribution < -0.4 is 4.74 Å². The van der Waals surface area contributed by atoms with Gasteiger partial charge in [-0.2, -0.15) is 0 Å². The standard InChI is InChI=1S/C12H18O3/c1-3-10-4-6-12(7-5-10)15-9-11(13)8-14-2/h4-7,11,13H,3,8-9H2,1-2H3. The fourth-order valence-electron chi connectivity index (χ4n) is 1.25. The molecular formula is C12H18O3. The van der Waals surface area contributed by atoms with Gasteiger partial charge in [0.1, 0.15) is 18.5 Å². The van der Waals surface area contributed by atoms with Crippen molar-refractivity contribution in [3.05, 3.63) is 29.8 Å². The number of ether oxygens (including phenoxy) is 2. The van der Waals surface area contributed by atoms with Crippen molar-refractivity contribution < 1.29 is 14.6 Å². The van der Waals surface area contributed by atoms with Crippen molar-refractivity contribution in [1.29, 1.82) is 0 Å². The Morgan fingerprint density at radius 2 is 1.87 bits per heavy atom. The molecule has 1 aromatic rings. The predicted octanol–water partition coefficient (Wildman–Crippen LogP) is 1.64. The lowest BCUT2D eigenvalue weighted by molar-refractivity contribution is 0.0325. The average Bonchev–Trinajstić information content (AvgIpc) is 2.27. The molecule has 0 radical (unpaired) electrons. The van der Waals surface area contributed by atoms with E-state index in [1.165, 1.54) is 5.56 Å². The van der Waals surface area contributed by atoms with Gasteiger partial charge in [-0.3, -0.25) is 0 Å². The van der Waals surface area contributed by atoms with E-state index in [0.29, 0.717) is 6.61 Å². The Hall–Kier alpha value is -1.06. The van der Waals surface area contributed by atoms with Crippen LogP contribution in [0.2, 0.25) is 0 Å². The van der Waals surface area contributed by atoms with Crippen LogP contribution in [0.5, 0.6) is 5.75 Å². The van der Waals surface area contributed by atoms with Gasteiger partial charge in [0, 0.05) is 7.11 Å². The third kappa shape index (κ3) is 4.32. The minimum Gasteiger partial charge on any atom is -0.491 e. The van der Waals surface area contributed by atoms with Crippen molar-refractivity contribution in [1.82, 2.24) is 0 Å². The minimum absolute atomic E-state index is 0.263. The molecular weight excluding hydrogens is 192 g/mol. The van der Waals surface area contributed by atoms with Crippen molar-refractivity contribution in [3.8, 4) is 5.75 Å². The first-order valence-electron chi connectivity index (χ1n) is 5.15. The number of aryl methyl sites for hydroxylation is 1. The Morgan fingerprint density at radius 1 is 1.20 bits per heavy atom. The van der Waals surface area contributed by atoms with Crippen molar-refractivity contribution in [2.75, 3.05) is 20.3 Å².